The summed E-state index contributed by atoms with van der Waals surface area (Å²) in [6.07, 6.45) is 0.796. The third kappa shape index (κ3) is 5.61. The lowest BCUT2D eigenvalue weighted by Crippen LogP contribution is -2.38. The zero-order chi connectivity index (χ0) is 26.4. The summed E-state index contributed by atoms with van der Waals surface area (Å²) in [4.78, 5) is 15.6. The maximum absolute atomic E-state index is 13.8. The van der Waals surface area contributed by atoms with E-state index < -0.39 is 0 Å². The van der Waals surface area contributed by atoms with Gasteiger partial charge in [0.2, 0.25) is 5.88 Å². The summed E-state index contributed by atoms with van der Waals surface area (Å²) < 4.78 is 19.2. The first-order chi connectivity index (χ1) is 18.0. The molecular weight excluding hydrogens is 466 g/mol. The number of rotatable bonds is 10. The van der Waals surface area contributed by atoms with Crippen molar-refractivity contribution < 1.29 is 19.0 Å². The number of aromatic nitrogens is 2. The first-order valence-corrected chi connectivity index (χ1v) is 12.4. The van der Waals surface area contributed by atoms with Gasteiger partial charge in [-0.25, -0.2) is 4.68 Å². The molecule has 0 bridgehead atoms. The lowest BCUT2D eigenvalue weighted by atomic mass is 10.1. The molecule has 1 aromatic heterocycles. The number of aryl methyl sites for hydroxylation is 1. The Balaban J connectivity index is 1.80. The normalized spacial score (nSPS) is 11.6. The van der Waals surface area contributed by atoms with Gasteiger partial charge < -0.3 is 19.1 Å². The molecule has 0 N–H and O–H groups in total. The van der Waals surface area contributed by atoms with Crippen LogP contribution in [0.25, 0.3) is 5.69 Å². The Morgan fingerprint density at radius 1 is 0.946 bits per heavy atom. The van der Waals surface area contributed by atoms with Crippen LogP contribution in [0.2, 0.25) is 0 Å². The average Bonchev–Trinajstić information content (AvgIpc) is 3.25. The molecular formula is C30H33N3O4. The summed E-state index contributed by atoms with van der Waals surface area (Å²) in [5.74, 6) is 2.28. The largest absolute Gasteiger partial charge is 0.497 e. The van der Waals surface area contributed by atoms with Gasteiger partial charge >= 0.3 is 0 Å². The maximum atomic E-state index is 13.8. The van der Waals surface area contributed by atoms with E-state index in [0.717, 1.165) is 23.4 Å². The van der Waals surface area contributed by atoms with E-state index in [9.17, 15) is 4.79 Å². The molecule has 0 saturated carbocycles. The highest BCUT2D eigenvalue weighted by molar-refractivity contribution is 5.94. The average molecular weight is 500 g/mol. The Labute approximate surface area is 218 Å². The molecule has 1 atom stereocenters. The molecule has 0 saturated heterocycles. The number of carbonyl (C=O) groups is 1. The number of nitrogens with zero attached hydrogens (tertiary/aromatic N) is 3. The minimum Gasteiger partial charge on any atom is -0.497 e. The van der Waals surface area contributed by atoms with Crippen molar-refractivity contribution >= 4 is 5.91 Å². The molecule has 0 aliphatic rings. The fourth-order valence-corrected chi connectivity index (χ4v) is 4.12. The zero-order valence-corrected chi connectivity index (χ0v) is 22.0. The maximum Gasteiger partial charge on any atom is 0.254 e. The van der Waals surface area contributed by atoms with Crippen LogP contribution in [0.4, 0.5) is 0 Å². The molecule has 1 amide bonds. The van der Waals surface area contributed by atoms with Gasteiger partial charge in [-0.3, -0.25) is 4.79 Å². The highest BCUT2D eigenvalue weighted by Crippen LogP contribution is 2.36. The van der Waals surface area contributed by atoms with E-state index in [0.29, 0.717) is 35.2 Å². The van der Waals surface area contributed by atoms with Crippen LogP contribution >= 0.6 is 0 Å². The summed E-state index contributed by atoms with van der Waals surface area (Å²) >= 11 is 0. The van der Waals surface area contributed by atoms with Crippen LogP contribution < -0.4 is 14.2 Å². The summed E-state index contributed by atoms with van der Waals surface area (Å²) in [6, 6.07) is 24.5. The third-order valence-electron chi connectivity index (χ3n) is 6.44. The van der Waals surface area contributed by atoms with E-state index in [-0.39, 0.29) is 11.9 Å². The topological polar surface area (TPSA) is 65.8 Å². The summed E-state index contributed by atoms with van der Waals surface area (Å²) in [6.45, 7) is 6.39. The molecule has 7 nitrogen and oxygen atoms in total. The van der Waals surface area contributed by atoms with Crippen LogP contribution in [0.15, 0.2) is 78.9 Å². The molecule has 1 heterocycles. The fourth-order valence-electron chi connectivity index (χ4n) is 4.12. The van der Waals surface area contributed by atoms with Crippen molar-refractivity contribution in [2.45, 2.75) is 39.8 Å². The Hall–Kier alpha value is -4.26. The number of para-hydroxylation sites is 3. The van der Waals surface area contributed by atoms with Crippen LogP contribution in [0.1, 0.15) is 41.9 Å². The molecule has 0 spiro atoms. The van der Waals surface area contributed by atoms with E-state index in [1.165, 1.54) is 0 Å². The van der Waals surface area contributed by atoms with Gasteiger partial charge in [-0.05, 0) is 62.7 Å². The molecule has 0 aliphatic carbocycles. The van der Waals surface area contributed by atoms with Crippen molar-refractivity contribution in [3.63, 3.8) is 0 Å². The van der Waals surface area contributed by atoms with E-state index in [1.54, 1.807) is 25.0 Å². The number of methoxy groups -OCH3 is 2. The number of hydrogen-bond acceptors (Lipinski definition) is 5. The van der Waals surface area contributed by atoms with Crippen LogP contribution in [0, 0.1) is 6.92 Å². The number of benzene rings is 3. The number of hydrogen-bond donors (Lipinski definition) is 0. The van der Waals surface area contributed by atoms with Crippen LogP contribution in [-0.4, -0.2) is 40.8 Å². The predicted molar refractivity (Wildman–Crippen MR) is 144 cm³/mol. The molecule has 4 rings (SSSR count). The Bertz CT molecular complexity index is 1350. The lowest BCUT2D eigenvalue weighted by molar-refractivity contribution is 0.0669. The SMILES string of the molecule is CC[C@H](C)N(Cc1c(C)nn(-c2ccccc2)c1Oc1ccccc1OC)C(=O)c1cccc(OC)c1. The molecule has 0 fully saturated rings. The Morgan fingerprint density at radius 3 is 2.32 bits per heavy atom. The van der Waals surface area contributed by atoms with Gasteiger partial charge in [0, 0.05) is 11.6 Å². The highest BCUT2D eigenvalue weighted by Gasteiger charge is 2.27. The number of carbonyl (C=O) groups excluding carboxylic acids is 1. The predicted octanol–water partition coefficient (Wildman–Crippen LogP) is 6.43. The van der Waals surface area contributed by atoms with Gasteiger partial charge in [-0.2, -0.15) is 5.10 Å². The second-order valence-corrected chi connectivity index (χ2v) is 8.79. The fraction of sp³-hybridized carbons (Fsp3) is 0.267. The van der Waals surface area contributed by atoms with E-state index in [1.807, 2.05) is 84.6 Å². The van der Waals surface area contributed by atoms with Crippen LogP contribution in [-0.2, 0) is 6.54 Å². The zero-order valence-electron chi connectivity index (χ0n) is 22.0. The van der Waals surface area contributed by atoms with Gasteiger partial charge in [0.25, 0.3) is 5.91 Å². The van der Waals surface area contributed by atoms with Crippen LogP contribution in [0.5, 0.6) is 23.1 Å². The van der Waals surface area contributed by atoms with Crippen molar-refractivity contribution in [3.05, 3.63) is 95.7 Å². The van der Waals surface area contributed by atoms with Gasteiger partial charge in [-0.1, -0.05) is 43.3 Å². The Morgan fingerprint density at radius 2 is 1.65 bits per heavy atom. The van der Waals surface area contributed by atoms with E-state index >= 15 is 0 Å². The third-order valence-corrected chi connectivity index (χ3v) is 6.44. The first kappa shape index (κ1) is 25.8. The van der Waals surface area contributed by atoms with E-state index in [2.05, 4.69) is 13.8 Å². The summed E-state index contributed by atoms with van der Waals surface area (Å²) in [5.41, 5.74) is 3.03. The van der Waals surface area contributed by atoms with Crippen LogP contribution in [0.3, 0.4) is 0 Å². The monoisotopic (exact) mass is 499 g/mol. The second-order valence-electron chi connectivity index (χ2n) is 8.79. The molecule has 0 aliphatic heterocycles. The molecule has 3 aromatic carbocycles. The number of ether oxygens (including phenoxy) is 3. The van der Waals surface area contributed by atoms with Crippen molar-refractivity contribution in [1.82, 2.24) is 14.7 Å². The smallest absolute Gasteiger partial charge is 0.254 e. The van der Waals surface area contributed by atoms with Gasteiger partial charge in [0.05, 0.1) is 37.7 Å². The second kappa shape index (κ2) is 11.6. The van der Waals surface area contributed by atoms with E-state index in [4.69, 9.17) is 19.3 Å². The highest BCUT2D eigenvalue weighted by atomic mass is 16.5. The first-order valence-electron chi connectivity index (χ1n) is 12.4. The quantitative estimate of drug-likeness (QED) is 0.252. The molecule has 0 unspecified atom stereocenters. The van der Waals surface area contributed by atoms with Gasteiger partial charge in [0.15, 0.2) is 11.5 Å². The number of amides is 1. The van der Waals surface area contributed by atoms with Crippen molar-refractivity contribution in [1.29, 1.82) is 0 Å². The summed E-state index contributed by atoms with van der Waals surface area (Å²) in [5, 5.41) is 4.82. The Kier molecular flexibility index (Phi) is 8.13. The van der Waals surface area contributed by atoms with Crippen molar-refractivity contribution in [2.24, 2.45) is 0 Å². The standard InChI is InChI=1S/C30H33N3O4/c1-6-21(2)32(29(34)23-13-12-16-25(19-23)35-4)20-26-22(3)31-33(24-14-8-7-9-15-24)30(26)37-28-18-11-10-17-27(28)36-5/h7-19,21H,6,20H2,1-5H3/t21-/m0/s1. The molecule has 7 heteroatoms. The molecule has 37 heavy (non-hydrogen) atoms. The molecule has 192 valence electrons. The van der Waals surface area contributed by atoms with Crippen molar-refractivity contribution in [3.8, 4) is 28.8 Å². The molecule has 4 aromatic rings. The minimum absolute atomic E-state index is 0.0164. The van der Waals surface area contributed by atoms with Crippen molar-refractivity contribution in [2.75, 3.05) is 14.2 Å². The molecule has 0 radical (unpaired) electrons. The lowest BCUT2D eigenvalue weighted by Gasteiger charge is -2.29. The minimum atomic E-state index is -0.0802. The summed E-state index contributed by atoms with van der Waals surface area (Å²) in [7, 11) is 3.21. The van der Waals surface area contributed by atoms with Gasteiger partial charge in [-0.15, -0.1) is 0 Å². The van der Waals surface area contributed by atoms with Gasteiger partial charge in [0.1, 0.15) is 5.75 Å².